The van der Waals surface area contributed by atoms with Gasteiger partial charge in [-0.05, 0) is 51.9 Å². The lowest BCUT2D eigenvalue weighted by Gasteiger charge is -2.61. The van der Waals surface area contributed by atoms with E-state index in [0.29, 0.717) is 23.6 Å². The zero-order chi connectivity index (χ0) is 18.7. The van der Waals surface area contributed by atoms with Crippen LogP contribution in [0.2, 0.25) is 0 Å². The van der Waals surface area contributed by atoms with Crippen molar-refractivity contribution in [2.24, 2.45) is 10.4 Å². The van der Waals surface area contributed by atoms with E-state index in [1.165, 1.54) is 77.3 Å². The van der Waals surface area contributed by atoms with E-state index in [4.69, 9.17) is 4.74 Å². The highest BCUT2D eigenvalue weighted by Crippen LogP contribution is 2.57. The standard InChI is InChI=1S/C22H40N4O/c1-3-27-20-16-19(22(20)12-7-13-22)25-21(23-2)24-17-10-14-26(15-11-17)18-8-5-4-6-9-18/h17-20H,3-16H2,1-2H3,(H2,23,24,25). The number of likely N-dealkylation sites (tertiary alicyclic amines) is 1. The Bertz CT molecular complexity index is 504. The lowest BCUT2D eigenvalue weighted by atomic mass is 9.51. The van der Waals surface area contributed by atoms with Crippen LogP contribution in [-0.2, 0) is 4.74 Å². The maximum Gasteiger partial charge on any atom is 0.191 e. The Morgan fingerprint density at radius 1 is 1.04 bits per heavy atom. The summed E-state index contributed by atoms with van der Waals surface area (Å²) in [6.45, 7) is 5.46. The van der Waals surface area contributed by atoms with Crippen LogP contribution >= 0.6 is 0 Å². The average Bonchev–Trinajstić information content (AvgIpc) is 2.66. The first-order chi connectivity index (χ1) is 13.2. The van der Waals surface area contributed by atoms with E-state index < -0.39 is 0 Å². The van der Waals surface area contributed by atoms with E-state index in [-0.39, 0.29) is 0 Å². The predicted octanol–water partition coefficient (Wildman–Crippen LogP) is 3.30. The topological polar surface area (TPSA) is 48.9 Å². The van der Waals surface area contributed by atoms with Crippen molar-refractivity contribution < 1.29 is 4.74 Å². The Morgan fingerprint density at radius 3 is 2.37 bits per heavy atom. The molecule has 4 aliphatic rings. The minimum absolute atomic E-state index is 0.387. The van der Waals surface area contributed by atoms with Gasteiger partial charge in [-0.25, -0.2) is 0 Å². The van der Waals surface area contributed by atoms with Crippen LogP contribution in [0.15, 0.2) is 4.99 Å². The summed E-state index contributed by atoms with van der Waals surface area (Å²) in [4.78, 5) is 7.31. The SMILES string of the molecule is CCOC1CC(NC(=NC)NC2CCN(C3CCCCC3)CC2)C12CCC2. The molecule has 27 heavy (non-hydrogen) atoms. The van der Waals surface area contributed by atoms with Crippen molar-refractivity contribution in [1.29, 1.82) is 0 Å². The molecule has 3 saturated carbocycles. The average molecular weight is 377 g/mol. The molecule has 4 fully saturated rings. The van der Waals surface area contributed by atoms with Gasteiger partial charge in [0, 0.05) is 50.3 Å². The Labute approximate surface area is 165 Å². The summed E-state index contributed by atoms with van der Waals surface area (Å²) in [5, 5.41) is 7.48. The molecule has 2 atom stereocenters. The quantitative estimate of drug-likeness (QED) is 0.571. The summed E-state index contributed by atoms with van der Waals surface area (Å²) in [5.74, 6) is 1.01. The molecular weight excluding hydrogens is 336 g/mol. The minimum Gasteiger partial charge on any atom is -0.378 e. The maximum absolute atomic E-state index is 5.99. The molecule has 1 aliphatic heterocycles. The van der Waals surface area contributed by atoms with Crippen molar-refractivity contribution in [3.05, 3.63) is 0 Å². The van der Waals surface area contributed by atoms with Crippen LogP contribution in [-0.4, -0.2) is 61.8 Å². The molecule has 4 rings (SSSR count). The number of guanidine groups is 1. The molecule has 1 heterocycles. The normalized spacial score (nSPS) is 32.7. The molecule has 3 aliphatic carbocycles. The first kappa shape index (κ1) is 19.5. The van der Waals surface area contributed by atoms with Crippen molar-refractivity contribution in [2.75, 3.05) is 26.7 Å². The summed E-state index contributed by atoms with van der Waals surface area (Å²) in [7, 11) is 1.92. The van der Waals surface area contributed by atoms with Crippen molar-refractivity contribution >= 4 is 5.96 Å². The van der Waals surface area contributed by atoms with Crippen LogP contribution in [0.1, 0.15) is 77.6 Å². The van der Waals surface area contributed by atoms with Gasteiger partial charge in [0.15, 0.2) is 5.96 Å². The second-order valence-electron chi connectivity index (χ2n) is 9.28. The van der Waals surface area contributed by atoms with E-state index in [9.17, 15) is 0 Å². The molecule has 1 spiro atoms. The number of nitrogens with zero attached hydrogens (tertiary/aromatic N) is 2. The van der Waals surface area contributed by atoms with Crippen LogP contribution < -0.4 is 10.6 Å². The summed E-state index contributed by atoms with van der Waals surface area (Å²) in [6, 6.07) is 1.97. The first-order valence-electron chi connectivity index (χ1n) is 11.6. The van der Waals surface area contributed by atoms with Gasteiger partial charge < -0.3 is 20.3 Å². The molecule has 0 aromatic heterocycles. The third-order valence-corrected chi connectivity index (χ3v) is 7.93. The molecular formula is C22H40N4O. The number of nitrogens with one attached hydrogen (secondary N) is 2. The van der Waals surface area contributed by atoms with Gasteiger partial charge in [0.25, 0.3) is 0 Å². The smallest absolute Gasteiger partial charge is 0.191 e. The second kappa shape index (κ2) is 8.69. The number of hydrogen-bond donors (Lipinski definition) is 2. The van der Waals surface area contributed by atoms with Crippen molar-refractivity contribution in [3.63, 3.8) is 0 Å². The highest BCUT2D eigenvalue weighted by molar-refractivity contribution is 5.80. The van der Waals surface area contributed by atoms with E-state index in [2.05, 4.69) is 27.4 Å². The van der Waals surface area contributed by atoms with Gasteiger partial charge in [0.05, 0.1) is 6.10 Å². The molecule has 1 saturated heterocycles. The maximum atomic E-state index is 5.99. The molecule has 0 aromatic rings. The lowest BCUT2D eigenvalue weighted by Crippen LogP contribution is -2.69. The van der Waals surface area contributed by atoms with Crippen LogP contribution in [0.3, 0.4) is 0 Å². The van der Waals surface area contributed by atoms with E-state index in [1.807, 2.05) is 7.05 Å². The number of ether oxygens (including phenoxy) is 1. The highest BCUT2D eigenvalue weighted by atomic mass is 16.5. The van der Waals surface area contributed by atoms with E-state index in [1.54, 1.807) is 0 Å². The first-order valence-corrected chi connectivity index (χ1v) is 11.6. The molecule has 0 amide bonds. The molecule has 0 bridgehead atoms. The fourth-order valence-electron chi connectivity index (χ4n) is 6.02. The van der Waals surface area contributed by atoms with Gasteiger partial charge in [0.1, 0.15) is 0 Å². The number of aliphatic imine (C=N–C) groups is 1. The van der Waals surface area contributed by atoms with Gasteiger partial charge >= 0.3 is 0 Å². The Hall–Kier alpha value is -0.810. The fourth-order valence-corrected chi connectivity index (χ4v) is 6.02. The monoisotopic (exact) mass is 376 g/mol. The van der Waals surface area contributed by atoms with Gasteiger partial charge in [-0.2, -0.15) is 0 Å². The molecule has 2 N–H and O–H groups in total. The van der Waals surface area contributed by atoms with Gasteiger partial charge in [-0.15, -0.1) is 0 Å². The molecule has 0 radical (unpaired) electrons. The van der Waals surface area contributed by atoms with Gasteiger partial charge in [-0.1, -0.05) is 25.7 Å². The molecule has 0 aromatic carbocycles. The lowest BCUT2D eigenvalue weighted by molar-refractivity contribution is -0.168. The number of rotatable bonds is 5. The minimum atomic E-state index is 0.387. The molecule has 2 unspecified atom stereocenters. The molecule has 5 heteroatoms. The van der Waals surface area contributed by atoms with E-state index in [0.717, 1.165) is 25.0 Å². The largest absolute Gasteiger partial charge is 0.378 e. The van der Waals surface area contributed by atoms with Crippen molar-refractivity contribution in [2.45, 2.75) is 102 Å². The van der Waals surface area contributed by atoms with E-state index >= 15 is 0 Å². The molecule has 154 valence electrons. The van der Waals surface area contributed by atoms with Crippen LogP contribution in [0, 0.1) is 5.41 Å². The van der Waals surface area contributed by atoms with Crippen LogP contribution in [0.25, 0.3) is 0 Å². The second-order valence-corrected chi connectivity index (χ2v) is 9.28. The third kappa shape index (κ3) is 4.00. The Morgan fingerprint density at radius 2 is 1.78 bits per heavy atom. The predicted molar refractivity (Wildman–Crippen MR) is 111 cm³/mol. The van der Waals surface area contributed by atoms with Crippen molar-refractivity contribution in [1.82, 2.24) is 15.5 Å². The van der Waals surface area contributed by atoms with Gasteiger partial charge in [-0.3, -0.25) is 4.99 Å². The van der Waals surface area contributed by atoms with Crippen LogP contribution in [0.4, 0.5) is 0 Å². The van der Waals surface area contributed by atoms with Crippen LogP contribution in [0.5, 0.6) is 0 Å². The van der Waals surface area contributed by atoms with Gasteiger partial charge in [0.2, 0.25) is 0 Å². The fraction of sp³-hybridized carbons (Fsp3) is 0.955. The zero-order valence-electron chi connectivity index (χ0n) is 17.5. The number of piperidine rings is 1. The zero-order valence-corrected chi connectivity index (χ0v) is 17.5. The summed E-state index contributed by atoms with van der Waals surface area (Å²) in [5.41, 5.74) is 0.387. The summed E-state index contributed by atoms with van der Waals surface area (Å²) < 4.78 is 5.99. The highest BCUT2D eigenvalue weighted by Gasteiger charge is 2.59. The third-order valence-electron chi connectivity index (χ3n) is 7.93. The summed E-state index contributed by atoms with van der Waals surface area (Å²) in [6.07, 6.45) is 15.2. The molecule has 5 nitrogen and oxygen atoms in total. The number of hydrogen-bond acceptors (Lipinski definition) is 3. The van der Waals surface area contributed by atoms with Crippen molar-refractivity contribution in [3.8, 4) is 0 Å². The Kier molecular flexibility index (Phi) is 6.28. The Balaban J connectivity index is 1.23. The summed E-state index contributed by atoms with van der Waals surface area (Å²) >= 11 is 0.